The molecule has 0 bridgehead atoms. The summed E-state index contributed by atoms with van der Waals surface area (Å²) in [4.78, 5) is 24.9. The average Bonchev–Trinajstić information content (AvgIpc) is 2.64. The number of carbonyl (C=O) groups excluding carboxylic acids is 1. The second-order valence-electron chi connectivity index (χ2n) is 5.35. The molecule has 120 valence electrons. The lowest BCUT2D eigenvalue weighted by Crippen LogP contribution is -2.28. The smallest absolute Gasteiger partial charge is 0.278 e. The first kappa shape index (κ1) is 14.4. The van der Waals surface area contributed by atoms with Crippen molar-refractivity contribution in [3.05, 3.63) is 58.4 Å². The lowest BCUT2D eigenvalue weighted by Gasteiger charge is -2.18. The van der Waals surface area contributed by atoms with Crippen molar-refractivity contribution in [1.82, 2.24) is 15.0 Å². The molecule has 0 unspecified atom stereocenters. The highest BCUT2D eigenvalue weighted by Gasteiger charge is 2.16. The van der Waals surface area contributed by atoms with Crippen molar-refractivity contribution < 1.29 is 14.3 Å². The van der Waals surface area contributed by atoms with Crippen molar-refractivity contribution in [3.63, 3.8) is 0 Å². The quantitative estimate of drug-likeness (QED) is 0.678. The molecule has 2 heterocycles. The van der Waals surface area contributed by atoms with Gasteiger partial charge in [0.1, 0.15) is 25.3 Å². The largest absolute Gasteiger partial charge is 0.486 e. The molecule has 1 aliphatic heterocycles. The fourth-order valence-electron chi connectivity index (χ4n) is 2.57. The van der Waals surface area contributed by atoms with Gasteiger partial charge in [-0.25, -0.2) is 4.68 Å². The SMILES string of the molecule is O=C(Cn1nnc2ccccc2c1=O)c1ccc2c(c1)OCCO2. The summed E-state index contributed by atoms with van der Waals surface area (Å²) in [5.74, 6) is 0.892. The molecule has 0 saturated carbocycles. The number of hydrogen-bond acceptors (Lipinski definition) is 6. The van der Waals surface area contributed by atoms with Gasteiger partial charge >= 0.3 is 0 Å². The van der Waals surface area contributed by atoms with Gasteiger partial charge in [-0.05, 0) is 30.3 Å². The molecule has 0 atom stereocenters. The van der Waals surface area contributed by atoms with Gasteiger partial charge in [0.05, 0.1) is 5.39 Å². The Morgan fingerprint density at radius 3 is 2.75 bits per heavy atom. The summed E-state index contributed by atoms with van der Waals surface area (Å²) >= 11 is 0. The molecule has 0 spiro atoms. The van der Waals surface area contributed by atoms with Crippen LogP contribution >= 0.6 is 0 Å². The van der Waals surface area contributed by atoms with Crippen LogP contribution in [0.5, 0.6) is 11.5 Å². The number of ketones is 1. The van der Waals surface area contributed by atoms with E-state index in [4.69, 9.17) is 9.47 Å². The maximum absolute atomic E-state index is 12.5. The molecule has 2 aromatic carbocycles. The summed E-state index contributed by atoms with van der Waals surface area (Å²) in [7, 11) is 0. The van der Waals surface area contributed by atoms with Crippen LogP contribution in [0.3, 0.4) is 0 Å². The third kappa shape index (κ3) is 2.50. The standard InChI is InChI=1S/C17H13N3O4/c21-14(11-5-6-15-16(9-11)24-8-7-23-15)10-20-17(22)12-3-1-2-4-13(12)18-19-20/h1-6,9H,7-8,10H2. The van der Waals surface area contributed by atoms with Crippen molar-refractivity contribution in [3.8, 4) is 11.5 Å². The van der Waals surface area contributed by atoms with E-state index in [1.54, 1.807) is 42.5 Å². The number of ether oxygens (including phenoxy) is 2. The van der Waals surface area contributed by atoms with E-state index in [0.717, 1.165) is 4.68 Å². The highest BCUT2D eigenvalue weighted by atomic mass is 16.6. The molecule has 1 aliphatic rings. The van der Waals surface area contributed by atoms with Crippen molar-refractivity contribution in [1.29, 1.82) is 0 Å². The van der Waals surface area contributed by atoms with Crippen LogP contribution in [0.4, 0.5) is 0 Å². The van der Waals surface area contributed by atoms with Gasteiger partial charge in [-0.2, -0.15) is 0 Å². The topological polar surface area (TPSA) is 83.3 Å². The minimum Gasteiger partial charge on any atom is -0.486 e. The fourth-order valence-corrected chi connectivity index (χ4v) is 2.57. The first-order valence-corrected chi connectivity index (χ1v) is 7.48. The molecule has 7 nitrogen and oxygen atoms in total. The third-order valence-corrected chi connectivity index (χ3v) is 3.79. The van der Waals surface area contributed by atoms with Crippen LogP contribution in [0.1, 0.15) is 10.4 Å². The van der Waals surface area contributed by atoms with E-state index in [9.17, 15) is 9.59 Å². The average molecular weight is 323 g/mol. The number of fused-ring (bicyclic) bond motifs is 2. The summed E-state index contributed by atoms with van der Waals surface area (Å²) in [6, 6.07) is 11.9. The lowest BCUT2D eigenvalue weighted by molar-refractivity contribution is 0.0963. The van der Waals surface area contributed by atoms with Crippen LogP contribution in [0.15, 0.2) is 47.3 Å². The Bertz CT molecular complexity index is 997. The number of aromatic nitrogens is 3. The number of hydrogen-bond donors (Lipinski definition) is 0. The van der Waals surface area contributed by atoms with Crippen molar-refractivity contribution in [2.45, 2.75) is 6.54 Å². The van der Waals surface area contributed by atoms with E-state index in [-0.39, 0.29) is 17.9 Å². The Hall–Kier alpha value is -3.22. The Balaban J connectivity index is 1.65. The first-order chi connectivity index (χ1) is 11.7. The summed E-state index contributed by atoms with van der Waals surface area (Å²) in [5, 5.41) is 8.24. The minimum atomic E-state index is -0.341. The zero-order valence-corrected chi connectivity index (χ0v) is 12.6. The molecule has 0 amide bonds. The Morgan fingerprint density at radius 1 is 1.08 bits per heavy atom. The van der Waals surface area contributed by atoms with Gasteiger partial charge in [-0.3, -0.25) is 9.59 Å². The third-order valence-electron chi connectivity index (χ3n) is 3.79. The number of rotatable bonds is 3. The molecule has 7 heteroatoms. The van der Waals surface area contributed by atoms with Gasteiger partial charge in [0, 0.05) is 5.56 Å². The number of carbonyl (C=O) groups is 1. The molecule has 0 fully saturated rings. The maximum Gasteiger partial charge on any atom is 0.278 e. The number of benzene rings is 2. The van der Waals surface area contributed by atoms with Gasteiger partial charge in [-0.1, -0.05) is 17.3 Å². The van der Waals surface area contributed by atoms with E-state index in [1.807, 2.05) is 0 Å². The van der Waals surface area contributed by atoms with Crippen LogP contribution in [-0.4, -0.2) is 34.0 Å². The molecule has 24 heavy (non-hydrogen) atoms. The molecule has 0 N–H and O–H groups in total. The summed E-state index contributed by atoms with van der Waals surface area (Å²) < 4.78 is 12.0. The maximum atomic E-state index is 12.5. The van der Waals surface area contributed by atoms with Crippen molar-refractivity contribution in [2.75, 3.05) is 13.2 Å². The monoisotopic (exact) mass is 323 g/mol. The molecular formula is C17H13N3O4. The summed E-state index contributed by atoms with van der Waals surface area (Å²) in [6.07, 6.45) is 0. The molecule has 1 aromatic heterocycles. The first-order valence-electron chi connectivity index (χ1n) is 7.48. The summed E-state index contributed by atoms with van der Waals surface area (Å²) in [5.41, 5.74) is 0.595. The zero-order chi connectivity index (χ0) is 16.5. The van der Waals surface area contributed by atoms with E-state index < -0.39 is 0 Å². The molecular weight excluding hydrogens is 310 g/mol. The predicted octanol–water partition coefficient (Wildman–Crippen LogP) is 1.45. The van der Waals surface area contributed by atoms with E-state index in [0.29, 0.717) is 41.2 Å². The molecule has 3 aromatic rings. The number of Topliss-reactive ketones (excluding diaryl/α,β-unsaturated/α-hetero) is 1. The molecule has 0 aliphatic carbocycles. The molecule has 4 rings (SSSR count). The normalized spacial score (nSPS) is 13.0. The van der Waals surface area contributed by atoms with E-state index >= 15 is 0 Å². The van der Waals surface area contributed by atoms with Gasteiger partial charge in [-0.15, -0.1) is 5.10 Å². The Kier molecular flexibility index (Phi) is 3.45. The predicted molar refractivity (Wildman–Crippen MR) is 85.6 cm³/mol. The van der Waals surface area contributed by atoms with Crippen LogP contribution < -0.4 is 15.0 Å². The number of nitrogens with zero attached hydrogens (tertiary/aromatic N) is 3. The van der Waals surface area contributed by atoms with E-state index in [1.165, 1.54) is 0 Å². The minimum absolute atomic E-state index is 0.184. The second kappa shape index (κ2) is 5.77. The van der Waals surface area contributed by atoms with Gasteiger partial charge in [0.25, 0.3) is 5.56 Å². The lowest BCUT2D eigenvalue weighted by atomic mass is 10.1. The zero-order valence-electron chi connectivity index (χ0n) is 12.6. The van der Waals surface area contributed by atoms with Gasteiger partial charge in [0.2, 0.25) is 0 Å². The van der Waals surface area contributed by atoms with Crippen molar-refractivity contribution in [2.24, 2.45) is 0 Å². The van der Waals surface area contributed by atoms with Crippen LogP contribution in [0, 0.1) is 0 Å². The van der Waals surface area contributed by atoms with Crippen LogP contribution in [0.25, 0.3) is 10.9 Å². The Labute approximate surface area is 136 Å². The van der Waals surface area contributed by atoms with Gasteiger partial charge < -0.3 is 9.47 Å². The summed E-state index contributed by atoms with van der Waals surface area (Å²) in [6.45, 7) is 0.749. The van der Waals surface area contributed by atoms with Crippen LogP contribution in [0.2, 0.25) is 0 Å². The highest BCUT2D eigenvalue weighted by Crippen LogP contribution is 2.30. The van der Waals surface area contributed by atoms with E-state index in [2.05, 4.69) is 10.3 Å². The highest BCUT2D eigenvalue weighted by molar-refractivity contribution is 5.96. The van der Waals surface area contributed by atoms with Crippen molar-refractivity contribution >= 4 is 16.7 Å². The fraction of sp³-hybridized carbons (Fsp3) is 0.176. The molecule has 0 saturated heterocycles. The van der Waals surface area contributed by atoms with Gasteiger partial charge in [0.15, 0.2) is 17.3 Å². The second-order valence-corrected chi connectivity index (χ2v) is 5.35. The van der Waals surface area contributed by atoms with Crippen LogP contribution in [-0.2, 0) is 6.54 Å². The Morgan fingerprint density at radius 2 is 1.88 bits per heavy atom. The molecule has 0 radical (unpaired) electrons.